The van der Waals surface area contributed by atoms with Gasteiger partial charge in [-0.1, -0.05) is 59.2 Å². The summed E-state index contributed by atoms with van der Waals surface area (Å²) in [5.74, 6) is 0.942. The monoisotopic (exact) mass is 286 g/mol. The van der Waals surface area contributed by atoms with E-state index >= 15 is 0 Å². The third-order valence-electron chi connectivity index (χ3n) is 6.27. The van der Waals surface area contributed by atoms with Crippen LogP contribution in [0.1, 0.15) is 76.5 Å². The van der Waals surface area contributed by atoms with E-state index in [0.29, 0.717) is 11.8 Å². The summed E-state index contributed by atoms with van der Waals surface area (Å²) >= 11 is 0. The molecular formula is C20H30O. The largest absolute Gasteiger partial charge is 0.392 e. The highest BCUT2D eigenvalue weighted by Crippen LogP contribution is 2.57. The predicted molar refractivity (Wildman–Crippen MR) is 88.7 cm³/mol. The minimum absolute atomic E-state index is 0.143. The Morgan fingerprint density at radius 3 is 2.52 bits per heavy atom. The molecule has 0 amide bonds. The van der Waals surface area contributed by atoms with Crippen LogP contribution in [0, 0.1) is 11.3 Å². The van der Waals surface area contributed by atoms with Gasteiger partial charge < -0.3 is 5.11 Å². The zero-order valence-electron chi connectivity index (χ0n) is 14.2. The fourth-order valence-corrected chi connectivity index (χ4v) is 5.37. The highest BCUT2D eigenvalue weighted by atomic mass is 16.3. The number of fused-ring (bicyclic) bond motifs is 3. The Kier molecular flexibility index (Phi) is 3.48. The molecule has 1 aromatic carbocycles. The Bertz CT molecular complexity index is 543. The molecule has 0 heterocycles. The van der Waals surface area contributed by atoms with Crippen LogP contribution in [0.5, 0.6) is 0 Å². The highest BCUT2D eigenvalue weighted by Gasteiger charge is 2.53. The van der Waals surface area contributed by atoms with Crippen LogP contribution >= 0.6 is 0 Å². The van der Waals surface area contributed by atoms with Crippen LogP contribution in [0.15, 0.2) is 18.2 Å². The Morgan fingerprint density at radius 1 is 1.14 bits per heavy atom. The molecule has 1 fully saturated rings. The predicted octanol–water partition coefficient (Wildman–Crippen LogP) is 4.81. The SMILES string of the molecule is CC(C)c1ccc2c(c1)C[C@@H](O)[C@H]1C(C)(C)CCC[C@]21C. The van der Waals surface area contributed by atoms with Gasteiger partial charge in [0.05, 0.1) is 6.10 Å². The number of benzene rings is 1. The number of aliphatic hydroxyl groups excluding tert-OH is 1. The molecule has 2 aliphatic rings. The van der Waals surface area contributed by atoms with Crippen LogP contribution in [-0.2, 0) is 11.8 Å². The van der Waals surface area contributed by atoms with Crippen molar-refractivity contribution in [2.24, 2.45) is 11.3 Å². The first kappa shape index (κ1) is 15.1. The summed E-state index contributed by atoms with van der Waals surface area (Å²) in [5.41, 5.74) is 4.68. The first-order valence-corrected chi connectivity index (χ1v) is 8.57. The van der Waals surface area contributed by atoms with E-state index in [1.165, 1.54) is 36.0 Å². The second-order valence-corrected chi connectivity index (χ2v) is 8.58. The summed E-state index contributed by atoms with van der Waals surface area (Å²) < 4.78 is 0. The van der Waals surface area contributed by atoms with E-state index in [1.807, 2.05) is 0 Å². The Balaban J connectivity index is 2.12. The topological polar surface area (TPSA) is 20.2 Å². The molecule has 1 aromatic rings. The zero-order chi connectivity index (χ0) is 15.4. The average Bonchev–Trinajstić information content (AvgIpc) is 2.36. The molecule has 3 rings (SSSR count). The molecule has 0 aromatic heterocycles. The summed E-state index contributed by atoms with van der Waals surface area (Å²) in [4.78, 5) is 0. The van der Waals surface area contributed by atoms with Gasteiger partial charge in [0.2, 0.25) is 0 Å². The third kappa shape index (κ3) is 2.25. The minimum Gasteiger partial charge on any atom is -0.392 e. The van der Waals surface area contributed by atoms with Gasteiger partial charge in [0, 0.05) is 0 Å². The van der Waals surface area contributed by atoms with Crippen LogP contribution in [0.4, 0.5) is 0 Å². The second kappa shape index (κ2) is 4.84. The first-order valence-electron chi connectivity index (χ1n) is 8.57. The van der Waals surface area contributed by atoms with Gasteiger partial charge in [-0.05, 0) is 58.6 Å². The lowest BCUT2D eigenvalue weighted by Crippen LogP contribution is -2.54. The van der Waals surface area contributed by atoms with Crippen molar-refractivity contribution < 1.29 is 5.11 Å². The van der Waals surface area contributed by atoms with Crippen molar-refractivity contribution in [1.29, 1.82) is 0 Å². The van der Waals surface area contributed by atoms with Gasteiger partial charge in [0.15, 0.2) is 0 Å². The maximum atomic E-state index is 10.9. The molecule has 0 spiro atoms. The van der Waals surface area contributed by atoms with Gasteiger partial charge in [-0.3, -0.25) is 0 Å². The molecule has 0 bridgehead atoms. The summed E-state index contributed by atoms with van der Waals surface area (Å²) in [6.07, 6.45) is 4.37. The average molecular weight is 286 g/mol. The standard InChI is InChI=1S/C20H30O/c1-13(2)14-7-8-16-15(11-14)12-17(21)18-19(3,4)9-6-10-20(16,18)5/h7-8,11,13,17-18,21H,6,9-10,12H2,1-5H3/t17-,18+,20-/m1/s1. The molecular weight excluding hydrogens is 256 g/mol. The van der Waals surface area contributed by atoms with Crippen molar-refractivity contribution >= 4 is 0 Å². The van der Waals surface area contributed by atoms with Crippen LogP contribution in [0.25, 0.3) is 0 Å². The van der Waals surface area contributed by atoms with Gasteiger partial charge in [0.25, 0.3) is 0 Å². The number of hydrogen-bond acceptors (Lipinski definition) is 1. The maximum Gasteiger partial charge on any atom is 0.0622 e. The van der Waals surface area contributed by atoms with Crippen molar-refractivity contribution in [3.05, 3.63) is 34.9 Å². The minimum atomic E-state index is -0.194. The van der Waals surface area contributed by atoms with E-state index in [0.717, 1.165) is 6.42 Å². The first-order chi connectivity index (χ1) is 9.75. The number of aliphatic hydroxyl groups is 1. The van der Waals surface area contributed by atoms with Crippen molar-refractivity contribution in [3.63, 3.8) is 0 Å². The molecule has 1 nitrogen and oxygen atoms in total. The Hall–Kier alpha value is -0.820. The molecule has 1 saturated carbocycles. The van der Waals surface area contributed by atoms with Crippen molar-refractivity contribution in [2.75, 3.05) is 0 Å². The summed E-state index contributed by atoms with van der Waals surface area (Å²) in [6.45, 7) is 11.6. The molecule has 0 saturated heterocycles. The third-order valence-corrected chi connectivity index (χ3v) is 6.27. The summed E-state index contributed by atoms with van der Waals surface area (Å²) in [6, 6.07) is 7.03. The van der Waals surface area contributed by atoms with Gasteiger partial charge in [-0.25, -0.2) is 0 Å². The second-order valence-electron chi connectivity index (χ2n) is 8.58. The molecule has 1 heteroatoms. The quantitative estimate of drug-likeness (QED) is 0.785. The summed E-state index contributed by atoms with van der Waals surface area (Å²) in [5, 5.41) is 10.9. The lowest BCUT2D eigenvalue weighted by molar-refractivity contribution is -0.0534. The van der Waals surface area contributed by atoms with E-state index in [-0.39, 0.29) is 16.9 Å². The van der Waals surface area contributed by atoms with Crippen LogP contribution in [0.3, 0.4) is 0 Å². The number of hydrogen-bond donors (Lipinski definition) is 1. The number of rotatable bonds is 1. The zero-order valence-corrected chi connectivity index (χ0v) is 14.2. The molecule has 2 aliphatic carbocycles. The smallest absolute Gasteiger partial charge is 0.0622 e. The van der Waals surface area contributed by atoms with E-state index in [2.05, 4.69) is 52.8 Å². The van der Waals surface area contributed by atoms with Crippen molar-refractivity contribution in [1.82, 2.24) is 0 Å². The van der Waals surface area contributed by atoms with Gasteiger partial charge in [0.1, 0.15) is 0 Å². The lowest BCUT2D eigenvalue weighted by atomic mass is 9.49. The molecule has 0 unspecified atom stereocenters. The van der Waals surface area contributed by atoms with Crippen LogP contribution in [0.2, 0.25) is 0 Å². The Morgan fingerprint density at radius 2 is 1.86 bits per heavy atom. The molecule has 3 atom stereocenters. The normalized spacial score (nSPS) is 34.4. The summed E-state index contributed by atoms with van der Waals surface area (Å²) in [7, 11) is 0. The van der Waals surface area contributed by atoms with E-state index < -0.39 is 0 Å². The highest BCUT2D eigenvalue weighted by molar-refractivity contribution is 5.43. The Labute approximate surface area is 129 Å². The maximum absolute atomic E-state index is 10.9. The molecule has 1 N–H and O–H groups in total. The molecule has 21 heavy (non-hydrogen) atoms. The van der Waals surface area contributed by atoms with Gasteiger partial charge in [-0.2, -0.15) is 0 Å². The van der Waals surface area contributed by atoms with Crippen molar-refractivity contribution in [3.8, 4) is 0 Å². The van der Waals surface area contributed by atoms with E-state index in [4.69, 9.17) is 0 Å². The fourth-order valence-electron chi connectivity index (χ4n) is 5.37. The molecule has 116 valence electrons. The van der Waals surface area contributed by atoms with Crippen LogP contribution < -0.4 is 0 Å². The lowest BCUT2D eigenvalue weighted by Gasteiger charge is -2.56. The van der Waals surface area contributed by atoms with E-state index in [1.54, 1.807) is 0 Å². The van der Waals surface area contributed by atoms with Gasteiger partial charge in [-0.15, -0.1) is 0 Å². The fraction of sp³-hybridized carbons (Fsp3) is 0.700. The van der Waals surface area contributed by atoms with Gasteiger partial charge >= 0.3 is 0 Å². The molecule has 0 radical (unpaired) electrons. The van der Waals surface area contributed by atoms with E-state index in [9.17, 15) is 5.11 Å². The van der Waals surface area contributed by atoms with Crippen molar-refractivity contribution in [2.45, 2.75) is 77.7 Å². The van der Waals surface area contributed by atoms with Crippen LogP contribution in [-0.4, -0.2) is 11.2 Å². The molecule has 0 aliphatic heterocycles.